The molecule has 2 bridgehead atoms. The number of piperidine rings is 1. The van der Waals surface area contributed by atoms with Gasteiger partial charge >= 0.3 is 0 Å². The number of aromatic nitrogens is 1. The molecule has 1 amide bonds. The van der Waals surface area contributed by atoms with Gasteiger partial charge in [0.1, 0.15) is 5.69 Å². The Morgan fingerprint density at radius 2 is 2.37 bits per heavy atom. The third-order valence-electron chi connectivity index (χ3n) is 3.63. The molecule has 0 saturated carbocycles. The Labute approximate surface area is 113 Å². The van der Waals surface area contributed by atoms with Crippen molar-refractivity contribution < 1.29 is 4.79 Å². The van der Waals surface area contributed by atoms with Crippen LogP contribution in [0.15, 0.2) is 12.1 Å². The number of carbonyl (C=O) groups excluding carboxylic acids is 1. The number of hydrogen-bond donors (Lipinski definition) is 2. The van der Waals surface area contributed by atoms with Gasteiger partial charge in [-0.25, -0.2) is 4.98 Å². The fraction of sp³-hybridized carbons (Fsp3) is 0.571. The second-order valence-corrected chi connectivity index (χ2v) is 5.62. The first kappa shape index (κ1) is 12.3. The van der Waals surface area contributed by atoms with E-state index in [-0.39, 0.29) is 11.9 Å². The highest BCUT2D eigenvalue weighted by atomic mass is 16.1. The molecule has 3 heterocycles. The summed E-state index contributed by atoms with van der Waals surface area (Å²) < 4.78 is 0. The van der Waals surface area contributed by atoms with Gasteiger partial charge in [0.25, 0.3) is 5.91 Å². The number of nitrogens with one attached hydrogen (secondary N) is 2. The van der Waals surface area contributed by atoms with Gasteiger partial charge in [0.15, 0.2) is 5.82 Å². The van der Waals surface area contributed by atoms with E-state index in [2.05, 4.69) is 20.5 Å². The number of amides is 1. The van der Waals surface area contributed by atoms with Crippen molar-refractivity contribution >= 4 is 17.4 Å². The zero-order valence-corrected chi connectivity index (χ0v) is 11.4. The molecule has 0 radical (unpaired) electrons. The molecule has 0 aromatic carbocycles. The van der Waals surface area contributed by atoms with E-state index in [1.807, 2.05) is 26.0 Å². The minimum Gasteiger partial charge on any atom is -0.366 e. The van der Waals surface area contributed by atoms with Crippen LogP contribution in [0.25, 0.3) is 0 Å². The molecule has 0 aliphatic carbocycles. The molecule has 0 unspecified atom stereocenters. The van der Waals surface area contributed by atoms with Gasteiger partial charge in [0.05, 0.1) is 5.69 Å². The number of nitrogens with zero attached hydrogens (tertiary/aromatic N) is 2. The van der Waals surface area contributed by atoms with Crippen LogP contribution in [-0.4, -0.2) is 36.1 Å². The van der Waals surface area contributed by atoms with Crippen molar-refractivity contribution in [1.82, 2.24) is 10.3 Å². The third kappa shape index (κ3) is 2.37. The topological polar surface area (TPSA) is 57.3 Å². The average molecular weight is 260 g/mol. The SMILES string of the molecule is CC(C)NC(=O)c1ccc2c(n1)N[C@H]1CCCN2C1. The largest absolute Gasteiger partial charge is 0.366 e. The number of fused-ring (bicyclic) bond motifs is 4. The molecule has 1 saturated heterocycles. The maximum absolute atomic E-state index is 12.0. The lowest BCUT2D eigenvalue weighted by molar-refractivity contribution is 0.0938. The molecule has 2 aliphatic rings. The molecule has 2 aliphatic heterocycles. The Bertz CT molecular complexity index is 500. The Kier molecular flexibility index (Phi) is 3.05. The van der Waals surface area contributed by atoms with Crippen LogP contribution >= 0.6 is 0 Å². The van der Waals surface area contributed by atoms with Crippen molar-refractivity contribution in [3.63, 3.8) is 0 Å². The first-order valence-electron chi connectivity index (χ1n) is 6.97. The smallest absolute Gasteiger partial charge is 0.270 e. The number of rotatable bonds is 2. The lowest BCUT2D eigenvalue weighted by Gasteiger charge is -2.40. The Balaban J connectivity index is 1.87. The predicted octanol–water partition coefficient (Wildman–Crippen LogP) is 1.61. The monoisotopic (exact) mass is 260 g/mol. The molecule has 5 heteroatoms. The summed E-state index contributed by atoms with van der Waals surface area (Å²) in [4.78, 5) is 18.8. The summed E-state index contributed by atoms with van der Waals surface area (Å²) >= 11 is 0. The maximum Gasteiger partial charge on any atom is 0.270 e. The van der Waals surface area contributed by atoms with Crippen molar-refractivity contribution in [2.24, 2.45) is 0 Å². The van der Waals surface area contributed by atoms with Gasteiger partial charge in [-0.15, -0.1) is 0 Å². The van der Waals surface area contributed by atoms with Crippen LogP contribution in [0.4, 0.5) is 11.5 Å². The number of hydrogen-bond acceptors (Lipinski definition) is 4. The van der Waals surface area contributed by atoms with Crippen LogP contribution in [0, 0.1) is 0 Å². The highest BCUT2D eigenvalue weighted by Gasteiger charge is 2.28. The fourth-order valence-corrected chi connectivity index (χ4v) is 2.78. The molecule has 5 nitrogen and oxygen atoms in total. The Morgan fingerprint density at radius 1 is 1.53 bits per heavy atom. The molecule has 3 rings (SSSR count). The molecule has 2 N–H and O–H groups in total. The minimum atomic E-state index is -0.106. The van der Waals surface area contributed by atoms with Crippen LogP contribution in [0.5, 0.6) is 0 Å². The molecule has 0 spiro atoms. The van der Waals surface area contributed by atoms with E-state index in [1.165, 1.54) is 12.8 Å². The summed E-state index contributed by atoms with van der Waals surface area (Å²) in [7, 11) is 0. The second-order valence-electron chi connectivity index (χ2n) is 5.62. The summed E-state index contributed by atoms with van der Waals surface area (Å²) in [6.45, 7) is 6.03. The lowest BCUT2D eigenvalue weighted by atomic mass is 10.0. The van der Waals surface area contributed by atoms with Crippen LogP contribution < -0.4 is 15.5 Å². The van der Waals surface area contributed by atoms with E-state index in [4.69, 9.17) is 0 Å². The van der Waals surface area contributed by atoms with Crippen molar-refractivity contribution in [1.29, 1.82) is 0 Å². The summed E-state index contributed by atoms with van der Waals surface area (Å²) in [6, 6.07) is 4.41. The molecular weight excluding hydrogens is 240 g/mol. The van der Waals surface area contributed by atoms with Gasteiger partial charge in [-0.2, -0.15) is 0 Å². The van der Waals surface area contributed by atoms with E-state index in [9.17, 15) is 4.79 Å². The van der Waals surface area contributed by atoms with Gasteiger partial charge in [-0.1, -0.05) is 0 Å². The van der Waals surface area contributed by atoms with Crippen LogP contribution in [0.1, 0.15) is 37.2 Å². The number of carbonyl (C=O) groups is 1. The first-order chi connectivity index (χ1) is 9.13. The van der Waals surface area contributed by atoms with E-state index in [0.717, 1.165) is 24.6 Å². The van der Waals surface area contributed by atoms with Gasteiger partial charge in [0.2, 0.25) is 0 Å². The van der Waals surface area contributed by atoms with Gasteiger partial charge < -0.3 is 15.5 Å². The number of anilines is 2. The summed E-state index contributed by atoms with van der Waals surface area (Å²) in [5.74, 6) is 0.748. The summed E-state index contributed by atoms with van der Waals surface area (Å²) in [5.41, 5.74) is 1.61. The molecule has 1 fully saturated rings. The average Bonchev–Trinajstić information content (AvgIpc) is 2.37. The summed E-state index contributed by atoms with van der Waals surface area (Å²) in [5, 5.41) is 6.32. The highest BCUT2D eigenvalue weighted by molar-refractivity contribution is 5.93. The highest BCUT2D eigenvalue weighted by Crippen LogP contribution is 2.33. The molecule has 102 valence electrons. The quantitative estimate of drug-likeness (QED) is 0.848. The van der Waals surface area contributed by atoms with Crippen molar-refractivity contribution in [2.75, 3.05) is 23.3 Å². The maximum atomic E-state index is 12.0. The van der Waals surface area contributed by atoms with Crippen molar-refractivity contribution in [3.8, 4) is 0 Å². The van der Waals surface area contributed by atoms with E-state index >= 15 is 0 Å². The van der Waals surface area contributed by atoms with E-state index in [0.29, 0.717) is 11.7 Å². The molecule has 1 atom stereocenters. The Hall–Kier alpha value is -1.78. The zero-order valence-electron chi connectivity index (χ0n) is 11.4. The Morgan fingerprint density at radius 3 is 3.16 bits per heavy atom. The van der Waals surface area contributed by atoms with Gasteiger partial charge in [0, 0.05) is 25.2 Å². The van der Waals surface area contributed by atoms with E-state index < -0.39 is 0 Å². The van der Waals surface area contributed by atoms with Crippen LogP contribution in [0.3, 0.4) is 0 Å². The normalized spacial score (nSPS) is 20.8. The fourth-order valence-electron chi connectivity index (χ4n) is 2.78. The third-order valence-corrected chi connectivity index (χ3v) is 3.63. The van der Waals surface area contributed by atoms with Crippen LogP contribution in [0.2, 0.25) is 0 Å². The first-order valence-corrected chi connectivity index (χ1v) is 6.97. The minimum absolute atomic E-state index is 0.106. The molecule has 19 heavy (non-hydrogen) atoms. The van der Waals surface area contributed by atoms with Gasteiger partial charge in [-0.05, 0) is 38.8 Å². The molecular formula is C14H20N4O. The van der Waals surface area contributed by atoms with E-state index in [1.54, 1.807) is 0 Å². The zero-order chi connectivity index (χ0) is 13.4. The second kappa shape index (κ2) is 4.72. The van der Waals surface area contributed by atoms with Crippen molar-refractivity contribution in [2.45, 2.75) is 38.8 Å². The molecule has 1 aromatic heterocycles. The summed E-state index contributed by atoms with van der Waals surface area (Å²) in [6.07, 6.45) is 2.40. The van der Waals surface area contributed by atoms with Crippen molar-refractivity contribution in [3.05, 3.63) is 17.8 Å². The predicted molar refractivity (Wildman–Crippen MR) is 75.7 cm³/mol. The van der Waals surface area contributed by atoms with Crippen LogP contribution in [-0.2, 0) is 0 Å². The van der Waals surface area contributed by atoms with Gasteiger partial charge in [-0.3, -0.25) is 4.79 Å². The lowest BCUT2D eigenvalue weighted by Crippen LogP contribution is -2.46. The molecule has 1 aromatic rings. The number of pyridine rings is 1. The standard InChI is InChI=1S/C14H20N4O/c1-9(2)15-14(19)11-5-6-12-13(17-11)16-10-4-3-7-18(12)8-10/h5-6,9-10H,3-4,7-8H2,1-2H3,(H,15,19)(H,16,17)/t10-/m0/s1.